The van der Waals surface area contributed by atoms with E-state index in [0.717, 1.165) is 16.5 Å². The number of fused-ring (bicyclic) bond motifs is 1. The number of nitrogens with zero attached hydrogens (tertiary/aromatic N) is 3. The highest BCUT2D eigenvalue weighted by atomic mass is 35.5. The summed E-state index contributed by atoms with van der Waals surface area (Å²) in [4.78, 5) is 21.7. The highest BCUT2D eigenvalue weighted by molar-refractivity contribution is 6.35. The van der Waals surface area contributed by atoms with Crippen LogP contribution in [0.2, 0.25) is 5.02 Å². The smallest absolute Gasteiger partial charge is 0.346 e. The first-order chi connectivity index (χ1) is 10.1. The summed E-state index contributed by atoms with van der Waals surface area (Å²) < 4.78 is 0. The number of carbonyl (C=O) groups is 1. The molecule has 0 fully saturated rings. The number of hydrogen-bond acceptors (Lipinski definition) is 3. The third-order valence-electron chi connectivity index (χ3n) is 3.43. The molecule has 0 spiro atoms. The third kappa shape index (κ3) is 2.15. The maximum Gasteiger partial charge on any atom is 0.346 e. The summed E-state index contributed by atoms with van der Waals surface area (Å²) in [7, 11) is 0. The second-order valence-corrected chi connectivity index (χ2v) is 5.11. The summed E-state index contributed by atoms with van der Waals surface area (Å²) in [6.45, 7) is 4.03. The molecule has 1 aliphatic rings. The van der Waals surface area contributed by atoms with Crippen LogP contribution in [0.3, 0.4) is 0 Å². The summed E-state index contributed by atoms with van der Waals surface area (Å²) in [5.41, 5.74) is 7.47. The molecule has 0 saturated carbocycles. The van der Waals surface area contributed by atoms with Crippen LogP contribution in [0, 0.1) is 0 Å². The average molecular weight is 301 g/mol. The molecule has 1 atom stereocenters. The average Bonchev–Trinajstić information content (AvgIpc) is 2.75. The van der Waals surface area contributed by atoms with Gasteiger partial charge in [0.1, 0.15) is 11.9 Å². The zero-order valence-electron chi connectivity index (χ0n) is 11.2. The fourth-order valence-corrected chi connectivity index (χ4v) is 2.75. The summed E-state index contributed by atoms with van der Waals surface area (Å²) in [6, 6.07) is 6.51. The van der Waals surface area contributed by atoms with E-state index in [2.05, 4.69) is 16.6 Å². The topological polar surface area (TPSA) is 71.6 Å². The van der Waals surface area contributed by atoms with Gasteiger partial charge in [-0.3, -0.25) is 4.98 Å². The van der Waals surface area contributed by atoms with E-state index in [4.69, 9.17) is 17.3 Å². The van der Waals surface area contributed by atoms with Crippen molar-refractivity contribution in [2.45, 2.75) is 6.04 Å². The number of pyridine rings is 1. The molecule has 2 heterocycles. The lowest BCUT2D eigenvalue weighted by molar-refractivity contribution is 0.213. The molecule has 0 radical (unpaired) electrons. The van der Waals surface area contributed by atoms with Crippen molar-refractivity contribution in [3.8, 4) is 0 Å². The summed E-state index contributed by atoms with van der Waals surface area (Å²) in [6.07, 6.45) is 3.33. The van der Waals surface area contributed by atoms with E-state index in [9.17, 15) is 4.79 Å². The molecule has 1 unspecified atom stereocenters. The Bertz CT molecular complexity index is 771. The van der Waals surface area contributed by atoms with E-state index in [1.165, 1.54) is 0 Å². The maximum atomic E-state index is 11.9. The van der Waals surface area contributed by atoms with Crippen LogP contribution in [0.4, 0.5) is 4.79 Å². The van der Waals surface area contributed by atoms with Gasteiger partial charge in [-0.25, -0.2) is 4.79 Å². The molecule has 0 aliphatic carbocycles. The van der Waals surface area contributed by atoms with Crippen LogP contribution in [0.15, 0.2) is 48.1 Å². The quantitative estimate of drug-likeness (QED) is 0.886. The molecule has 0 bridgehead atoms. The highest BCUT2D eigenvalue weighted by Crippen LogP contribution is 2.33. The number of hydrogen-bond donors (Lipinski definition) is 1. The van der Waals surface area contributed by atoms with E-state index < -0.39 is 6.04 Å². The number of rotatable bonds is 3. The largest absolute Gasteiger partial charge is 0.385 e. The number of aliphatic imine (C=N–C) groups is 1. The fourth-order valence-electron chi connectivity index (χ4n) is 2.54. The predicted octanol–water partition coefficient (Wildman–Crippen LogP) is 2.91. The zero-order valence-corrected chi connectivity index (χ0v) is 11.9. The van der Waals surface area contributed by atoms with Crippen molar-refractivity contribution in [2.24, 2.45) is 10.7 Å². The molecular formula is C15H13ClN4O. The van der Waals surface area contributed by atoms with Crippen LogP contribution in [-0.4, -0.2) is 28.3 Å². The van der Waals surface area contributed by atoms with Crippen molar-refractivity contribution in [1.82, 2.24) is 9.88 Å². The SMILES string of the molecule is C=CCN1C(=O)N=C(N)C1c1ccc(Cl)c2cccnc12. The van der Waals surface area contributed by atoms with Crippen LogP contribution in [-0.2, 0) is 0 Å². The lowest BCUT2D eigenvalue weighted by atomic mass is 10.0. The van der Waals surface area contributed by atoms with Gasteiger partial charge in [-0.05, 0) is 18.2 Å². The van der Waals surface area contributed by atoms with Gasteiger partial charge in [0.15, 0.2) is 0 Å². The Morgan fingerprint density at radius 1 is 1.43 bits per heavy atom. The van der Waals surface area contributed by atoms with Crippen molar-refractivity contribution in [1.29, 1.82) is 0 Å². The molecule has 3 rings (SSSR count). The Hall–Kier alpha value is -2.40. The Balaban J connectivity index is 2.20. The molecule has 1 aliphatic heterocycles. The summed E-state index contributed by atoms with van der Waals surface area (Å²) >= 11 is 6.20. The standard InChI is InChI=1S/C15H13ClN4O/c1-2-8-20-13(14(17)19-15(20)21)10-5-6-11(16)9-4-3-7-18-12(9)10/h2-7,13H,1,8H2,(H2,17,19,21). The molecule has 2 amide bonds. The van der Waals surface area contributed by atoms with E-state index in [1.807, 2.05) is 18.2 Å². The first kappa shape index (κ1) is 13.6. The van der Waals surface area contributed by atoms with E-state index in [0.29, 0.717) is 11.6 Å². The molecule has 21 heavy (non-hydrogen) atoms. The second kappa shape index (κ2) is 5.18. The van der Waals surface area contributed by atoms with Crippen molar-refractivity contribution in [2.75, 3.05) is 6.54 Å². The molecule has 1 aromatic carbocycles. The normalized spacial score (nSPS) is 18.1. The van der Waals surface area contributed by atoms with Gasteiger partial charge in [0, 0.05) is 28.7 Å². The lowest BCUT2D eigenvalue weighted by Crippen LogP contribution is -2.33. The summed E-state index contributed by atoms with van der Waals surface area (Å²) in [5, 5.41) is 1.43. The fraction of sp³-hybridized carbons (Fsp3) is 0.133. The van der Waals surface area contributed by atoms with Crippen molar-refractivity contribution in [3.05, 3.63) is 53.7 Å². The van der Waals surface area contributed by atoms with E-state index in [-0.39, 0.29) is 11.9 Å². The van der Waals surface area contributed by atoms with Gasteiger partial charge in [-0.2, -0.15) is 4.99 Å². The number of halogens is 1. The van der Waals surface area contributed by atoms with Gasteiger partial charge in [0.25, 0.3) is 0 Å². The van der Waals surface area contributed by atoms with Gasteiger partial charge in [-0.15, -0.1) is 6.58 Å². The Labute approximate surface area is 126 Å². The zero-order chi connectivity index (χ0) is 15.0. The van der Waals surface area contributed by atoms with Crippen molar-refractivity contribution in [3.63, 3.8) is 0 Å². The first-order valence-electron chi connectivity index (χ1n) is 6.42. The van der Waals surface area contributed by atoms with E-state index >= 15 is 0 Å². The van der Waals surface area contributed by atoms with Gasteiger partial charge < -0.3 is 10.6 Å². The van der Waals surface area contributed by atoms with Crippen molar-refractivity contribution >= 4 is 34.4 Å². The van der Waals surface area contributed by atoms with E-state index in [1.54, 1.807) is 23.2 Å². The number of urea groups is 1. The molecule has 5 nitrogen and oxygen atoms in total. The van der Waals surface area contributed by atoms with Crippen LogP contribution in [0.25, 0.3) is 10.9 Å². The Morgan fingerprint density at radius 2 is 2.24 bits per heavy atom. The Kier molecular flexibility index (Phi) is 3.35. The number of carbonyl (C=O) groups excluding carboxylic acids is 1. The second-order valence-electron chi connectivity index (χ2n) is 4.70. The third-order valence-corrected chi connectivity index (χ3v) is 3.76. The molecule has 1 aromatic heterocycles. The molecule has 2 N–H and O–H groups in total. The number of nitrogens with two attached hydrogens (primary N) is 1. The predicted molar refractivity (Wildman–Crippen MR) is 83.4 cm³/mol. The minimum atomic E-state index is -0.440. The van der Waals surface area contributed by atoms with Gasteiger partial charge >= 0.3 is 6.03 Å². The number of amides is 2. The first-order valence-corrected chi connectivity index (χ1v) is 6.80. The molecule has 2 aromatic rings. The van der Waals surface area contributed by atoms with Gasteiger partial charge in [0.05, 0.1) is 5.52 Å². The molecular weight excluding hydrogens is 288 g/mol. The van der Waals surface area contributed by atoms with Crippen LogP contribution >= 0.6 is 11.6 Å². The molecule has 0 saturated heterocycles. The molecule has 106 valence electrons. The van der Waals surface area contributed by atoms with Crippen LogP contribution < -0.4 is 5.73 Å². The van der Waals surface area contributed by atoms with Gasteiger partial charge in [-0.1, -0.05) is 23.7 Å². The number of aromatic nitrogens is 1. The van der Waals surface area contributed by atoms with Crippen molar-refractivity contribution < 1.29 is 4.79 Å². The molecule has 6 heteroatoms. The maximum absolute atomic E-state index is 11.9. The lowest BCUT2D eigenvalue weighted by Gasteiger charge is -2.24. The number of benzene rings is 1. The minimum Gasteiger partial charge on any atom is -0.385 e. The van der Waals surface area contributed by atoms with Gasteiger partial charge in [0.2, 0.25) is 0 Å². The summed E-state index contributed by atoms with van der Waals surface area (Å²) in [5.74, 6) is 0.260. The van der Waals surface area contributed by atoms with Crippen LogP contribution in [0.5, 0.6) is 0 Å². The van der Waals surface area contributed by atoms with Crippen LogP contribution in [0.1, 0.15) is 11.6 Å². The minimum absolute atomic E-state index is 0.260. The highest BCUT2D eigenvalue weighted by Gasteiger charge is 2.35. The monoisotopic (exact) mass is 300 g/mol. The number of amidine groups is 1. The Morgan fingerprint density at radius 3 is 3.00 bits per heavy atom.